The topological polar surface area (TPSA) is 340 Å². The summed E-state index contributed by atoms with van der Waals surface area (Å²) in [6.07, 6.45) is -2.83. The molecule has 7 N–H and O–H groups in total. The standard InChI is InChI=1S/C42H24ClF2N11O11S4/c43-31-32(46-42(45)47-33(31)44)17-6-1-7-18(16-17)56-68(57,58)23-12-2-8-19-27(23)38-51-36(19)52-39-28-20(9-3-13-24(28)69(59,60)61)34(49-39)48-35-21-10-4-14-25(70(62,63)64)29(21)40(50-35)53-37-22-11-5-15-26(71(65,66)67)30(22)41(54-37)55-38/h1-16,36,54,56H,(H,51,55)(H,59,60,61)(H,62,63,64)(H,65,66,67)(H,48,49,50,52,53). The minimum atomic E-state index is -5.09. The zero-order chi connectivity index (χ0) is 50.1. The predicted octanol–water partition coefficient (Wildman–Crippen LogP) is 5.05. The molecule has 0 fully saturated rings. The number of aliphatic imine (C=N–C) groups is 3. The van der Waals surface area contributed by atoms with Crippen molar-refractivity contribution >= 4 is 108 Å². The molecule has 8 bridgehead atoms. The van der Waals surface area contributed by atoms with E-state index in [2.05, 4.69) is 45.0 Å². The number of fused-ring (bicyclic) bond motifs is 19. The average molecular weight is 1060 g/mol. The Kier molecular flexibility index (Phi) is 10.2. The van der Waals surface area contributed by atoms with E-state index in [1.165, 1.54) is 78.9 Å². The van der Waals surface area contributed by atoms with Gasteiger partial charge in [0.1, 0.15) is 54.3 Å². The second kappa shape index (κ2) is 15.9. The molecule has 3 aromatic heterocycles. The number of halogens is 3. The van der Waals surface area contributed by atoms with Crippen molar-refractivity contribution in [2.75, 3.05) is 4.72 Å². The van der Waals surface area contributed by atoms with E-state index in [1.807, 2.05) is 0 Å². The highest BCUT2D eigenvalue weighted by Crippen LogP contribution is 2.42. The summed E-state index contributed by atoms with van der Waals surface area (Å²) in [6, 6.07) is 20.5. The Labute approximate surface area is 401 Å². The summed E-state index contributed by atoms with van der Waals surface area (Å²) in [4.78, 5) is 33.1. The van der Waals surface area contributed by atoms with E-state index < -0.39 is 94.7 Å². The monoisotopic (exact) mass is 1060 g/mol. The van der Waals surface area contributed by atoms with Gasteiger partial charge in [0.2, 0.25) is 5.95 Å². The molecular weight excluding hydrogens is 1040 g/mol. The average Bonchev–Trinajstić information content (AvgIpc) is 4.04. The first-order valence-corrected chi connectivity index (χ1v) is 26.2. The van der Waals surface area contributed by atoms with Gasteiger partial charge in [0, 0.05) is 49.5 Å². The van der Waals surface area contributed by atoms with Crippen LogP contribution in [0.5, 0.6) is 0 Å². The Balaban J connectivity index is 1.21. The van der Waals surface area contributed by atoms with Gasteiger partial charge in [0.15, 0.2) is 11.7 Å². The van der Waals surface area contributed by atoms with E-state index in [1.54, 1.807) is 0 Å². The quantitative estimate of drug-likeness (QED) is 0.0624. The third-order valence-electron chi connectivity index (χ3n) is 11.3. The van der Waals surface area contributed by atoms with E-state index in [0.717, 1.165) is 18.2 Å². The number of nitrogens with one attached hydrogen (secondary N) is 4. The van der Waals surface area contributed by atoms with Crippen molar-refractivity contribution in [3.63, 3.8) is 0 Å². The van der Waals surface area contributed by atoms with Gasteiger partial charge in [-0.15, -0.1) is 0 Å². The third kappa shape index (κ3) is 7.72. The van der Waals surface area contributed by atoms with Gasteiger partial charge in [0.25, 0.3) is 40.4 Å². The second-order valence-corrected chi connectivity index (χ2v) is 21.8. The Morgan fingerprint density at radius 2 is 1.25 bits per heavy atom. The van der Waals surface area contributed by atoms with E-state index in [4.69, 9.17) is 21.6 Å². The number of hydrogen-bond donors (Lipinski definition) is 7. The van der Waals surface area contributed by atoms with Gasteiger partial charge in [-0.3, -0.25) is 18.4 Å². The highest BCUT2D eigenvalue weighted by atomic mass is 35.5. The lowest BCUT2D eigenvalue weighted by atomic mass is 10.1. The summed E-state index contributed by atoms with van der Waals surface area (Å²) < 4.78 is 169. The SMILES string of the molecule is O=S(=O)(O)c1cccc2c1C1=Nc3[nH]c(c4c(S(=O)(=O)O)cccc34)N=C3NC(N=c4[nH]c(c5cccc(S(=O)(=O)O)c45)=NC2=N1)c1cccc(S(=O)(=O)Nc2cccc(-c4nc(F)nc(F)c4Cl)c2)c13. The Hall–Kier alpha value is -7.70. The number of aromatic amines is 2. The van der Waals surface area contributed by atoms with Gasteiger partial charge in [-0.2, -0.15) is 39.0 Å². The summed E-state index contributed by atoms with van der Waals surface area (Å²) in [7, 11) is -19.9. The number of hydrogen-bond acceptors (Lipinski definition) is 16. The van der Waals surface area contributed by atoms with Crippen LogP contribution in [0.2, 0.25) is 5.02 Å². The molecule has 0 radical (unpaired) electrons. The van der Waals surface area contributed by atoms with Crippen molar-refractivity contribution in [2.24, 2.45) is 25.0 Å². The predicted molar refractivity (Wildman–Crippen MR) is 249 cm³/mol. The minimum absolute atomic E-state index is 0.00895. The normalized spacial score (nSPS) is 15.5. The van der Waals surface area contributed by atoms with Gasteiger partial charge in [-0.05, 0) is 36.4 Å². The third-order valence-corrected chi connectivity index (χ3v) is 15.7. The van der Waals surface area contributed by atoms with Crippen molar-refractivity contribution in [3.05, 3.63) is 147 Å². The first-order chi connectivity index (χ1) is 33.5. The fourth-order valence-electron chi connectivity index (χ4n) is 8.46. The molecule has 29 heteroatoms. The Morgan fingerprint density at radius 3 is 1.99 bits per heavy atom. The number of benzene rings is 5. The molecule has 0 saturated carbocycles. The van der Waals surface area contributed by atoms with Crippen molar-refractivity contribution in [1.82, 2.24) is 25.3 Å². The maximum Gasteiger partial charge on any atom is 0.311 e. The molecule has 0 amide bonds. The number of aromatic nitrogens is 4. The lowest BCUT2D eigenvalue weighted by Gasteiger charge is -2.13. The number of nitrogens with zero attached hydrogens (tertiary/aromatic N) is 7. The molecule has 3 aliphatic heterocycles. The van der Waals surface area contributed by atoms with Gasteiger partial charge >= 0.3 is 6.08 Å². The van der Waals surface area contributed by atoms with Crippen LogP contribution in [0.15, 0.2) is 142 Å². The minimum Gasteiger partial charge on any atom is -0.344 e. The fourth-order valence-corrected chi connectivity index (χ4v) is 12.1. The largest absolute Gasteiger partial charge is 0.344 e. The summed E-state index contributed by atoms with van der Waals surface area (Å²) >= 11 is 6.05. The lowest BCUT2D eigenvalue weighted by Crippen LogP contribution is -2.23. The van der Waals surface area contributed by atoms with Crippen molar-refractivity contribution in [1.29, 1.82) is 0 Å². The fraction of sp³-hybridized carbons (Fsp3) is 0.0238. The zero-order valence-electron chi connectivity index (χ0n) is 34.8. The molecule has 1 unspecified atom stereocenters. The van der Waals surface area contributed by atoms with Crippen molar-refractivity contribution in [2.45, 2.75) is 25.7 Å². The Morgan fingerprint density at radius 1 is 0.606 bits per heavy atom. The molecule has 358 valence electrons. The number of amidine groups is 3. The highest BCUT2D eigenvalue weighted by molar-refractivity contribution is 7.92. The van der Waals surface area contributed by atoms with Crippen LogP contribution in [-0.2, 0) is 40.4 Å². The lowest BCUT2D eigenvalue weighted by molar-refractivity contribution is 0.481. The maximum atomic E-state index is 14.7. The van der Waals surface area contributed by atoms with Crippen molar-refractivity contribution < 1.29 is 56.1 Å². The maximum absolute atomic E-state index is 14.7. The molecule has 22 nitrogen and oxygen atoms in total. The van der Waals surface area contributed by atoms with Gasteiger partial charge in [-0.1, -0.05) is 72.3 Å². The first kappa shape index (κ1) is 45.7. The van der Waals surface area contributed by atoms with Crippen LogP contribution in [0.3, 0.4) is 0 Å². The molecular formula is C42H24ClF2N11O11S4. The first-order valence-electron chi connectivity index (χ1n) is 20.0. The van der Waals surface area contributed by atoms with Gasteiger partial charge in [0.05, 0.1) is 16.2 Å². The summed E-state index contributed by atoms with van der Waals surface area (Å²) in [6.45, 7) is 0. The van der Waals surface area contributed by atoms with Crippen LogP contribution in [0.1, 0.15) is 28.4 Å². The molecule has 8 aromatic rings. The molecule has 71 heavy (non-hydrogen) atoms. The van der Waals surface area contributed by atoms with Crippen LogP contribution < -0.4 is 21.0 Å². The summed E-state index contributed by atoms with van der Waals surface area (Å²) in [5.41, 5.74) is -1.31. The second-order valence-electron chi connectivity index (χ2n) is 15.6. The Bertz CT molecular complexity index is 4470. The van der Waals surface area contributed by atoms with E-state index in [9.17, 15) is 56.1 Å². The zero-order valence-corrected chi connectivity index (χ0v) is 38.8. The van der Waals surface area contributed by atoms with Gasteiger partial charge in [-0.25, -0.2) is 38.4 Å². The molecule has 0 aliphatic carbocycles. The van der Waals surface area contributed by atoms with Crippen molar-refractivity contribution in [3.8, 4) is 11.3 Å². The van der Waals surface area contributed by atoms with Crippen LogP contribution >= 0.6 is 11.6 Å². The molecule has 11 rings (SSSR count). The summed E-state index contributed by atoms with van der Waals surface area (Å²) in [5.74, 6) is -2.92. The molecule has 5 aromatic carbocycles. The van der Waals surface area contributed by atoms with Crippen LogP contribution in [0, 0.1) is 12.0 Å². The molecule has 3 aliphatic rings. The smallest absolute Gasteiger partial charge is 0.311 e. The number of H-pyrrole nitrogens is 2. The molecule has 0 spiro atoms. The number of sulfonamides is 1. The van der Waals surface area contributed by atoms with E-state index >= 15 is 0 Å². The number of anilines is 1. The van der Waals surface area contributed by atoms with E-state index in [-0.39, 0.29) is 89.3 Å². The molecule has 1 atom stereocenters. The van der Waals surface area contributed by atoms with E-state index in [0.29, 0.717) is 0 Å². The van der Waals surface area contributed by atoms with Crippen LogP contribution in [0.25, 0.3) is 32.8 Å². The molecule has 0 saturated heterocycles. The summed E-state index contributed by atoms with van der Waals surface area (Å²) in [5, 5.41) is 1.87. The number of rotatable bonds is 7. The van der Waals surface area contributed by atoms with Gasteiger partial charge < -0.3 is 15.3 Å². The molecule has 6 heterocycles. The highest BCUT2D eigenvalue weighted by Gasteiger charge is 2.36. The van der Waals surface area contributed by atoms with Crippen LogP contribution in [0.4, 0.5) is 26.1 Å². The van der Waals surface area contributed by atoms with Crippen LogP contribution in [-0.4, -0.2) is 84.8 Å².